The molecular weight excluding hydrogens is 283 g/mol. The number of carbonyl (C=O) groups is 1. The van der Waals surface area contributed by atoms with Crippen molar-refractivity contribution < 1.29 is 9.53 Å². The second-order valence-corrected chi connectivity index (χ2v) is 4.96. The molecule has 2 nitrogen and oxygen atoms in total. The quantitative estimate of drug-likeness (QED) is 0.768. The summed E-state index contributed by atoms with van der Waals surface area (Å²) in [6.45, 7) is 1.70. The molecule has 0 aliphatic heterocycles. The van der Waals surface area contributed by atoms with Crippen LogP contribution in [-0.4, -0.2) is 11.9 Å². The van der Waals surface area contributed by atoms with Gasteiger partial charge in [0.1, 0.15) is 5.75 Å². The summed E-state index contributed by atoms with van der Waals surface area (Å²) < 4.78 is 5.57. The van der Waals surface area contributed by atoms with E-state index in [0.29, 0.717) is 21.4 Å². The van der Waals surface area contributed by atoms with Gasteiger partial charge in [0.2, 0.25) is 5.78 Å². The van der Waals surface area contributed by atoms with Gasteiger partial charge in [-0.2, -0.15) is 0 Å². The molecule has 0 bridgehead atoms. The summed E-state index contributed by atoms with van der Waals surface area (Å²) in [5, 5.41) is 1.10. The van der Waals surface area contributed by atoms with Crippen LogP contribution in [0.25, 0.3) is 0 Å². The smallest absolute Gasteiger partial charge is 0.203 e. The molecule has 0 saturated carbocycles. The SMILES string of the molecule is C[C@@H](Oc1cccc(Cl)c1)C(=O)c1cccc(Cl)c1. The lowest BCUT2D eigenvalue weighted by molar-refractivity contribution is 0.0818. The van der Waals surface area contributed by atoms with Crippen LogP contribution < -0.4 is 4.74 Å². The van der Waals surface area contributed by atoms with Crippen LogP contribution in [0.2, 0.25) is 10.0 Å². The van der Waals surface area contributed by atoms with Crippen molar-refractivity contribution in [3.05, 3.63) is 64.1 Å². The van der Waals surface area contributed by atoms with Crippen molar-refractivity contribution in [3.63, 3.8) is 0 Å². The van der Waals surface area contributed by atoms with E-state index in [1.165, 1.54) is 0 Å². The predicted molar refractivity (Wildman–Crippen MR) is 77.3 cm³/mol. The minimum Gasteiger partial charge on any atom is -0.483 e. The van der Waals surface area contributed by atoms with Crippen LogP contribution in [0, 0.1) is 0 Å². The fourth-order valence-corrected chi connectivity index (χ4v) is 2.04. The van der Waals surface area contributed by atoms with Crippen molar-refractivity contribution in [1.82, 2.24) is 0 Å². The van der Waals surface area contributed by atoms with Gasteiger partial charge >= 0.3 is 0 Å². The number of ether oxygens (including phenoxy) is 1. The number of carbonyl (C=O) groups excluding carboxylic acids is 1. The van der Waals surface area contributed by atoms with Crippen molar-refractivity contribution in [3.8, 4) is 5.75 Å². The second-order valence-electron chi connectivity index (χ2n) is 4.09. The van der Waals surface area contributed by atoms with Crippen molar-refractivity contribution in [2.24, 2.45) is 0 Å². The van der Waals surface area contributed by atoms with E-state index in [9.17, 15) is 4.79 Å². The Morgan fingerprint density at radius 3 is 2.32 bits per heavy atom. The normalized spacial score (nSPS) is 11.9. The van der Waals surface area contributed by atoms with Crippen molar-refractivity contribution in [2.75, 3.05) is 0 Å². The lowest BCUT2D eigenvalue weighted by atomic mass is 10.1. The maximum Gasteiger partial charge on any atom is 0.203 e. The fraction of sp³-hybridized carbons (Fsp3) is 0.133. The van der Waals surface area contributed by atoms with Gasteiger partial charge in [-0.25, -0.2) is 0 Å². The van der Waals surface area contributed by atoms with Gasteiger partial charge in [0.25, 0.3) is 0 Å². The number of ketones is 1. The molecule has 4 heteroatoms. The Kier molecular flexibility index (Phi) is 4.46. The standard InChI is InChI=1S/C15H12Cl2O2/c1-10(19-14-7-3-6-13(17)9-14)15(18)11-4-2-5-12(16)8-11/h2-10H,1H3/t10-/m1/s1. The number of halogens is 2. The summed E-state index contributed by atoms with van der Waals surface area (Å²) in [4.78, 5) is 12.2. The van der Waals surface area contributed by atoms with E-state index in [1.807, 2.05) is 0 Å². The zero-order chi connectivity index (χ0) is 13.8. The van der Waals surface area contributed by atoms with Gasteiger partial charge in [-0.1, -0.05) is 41.4 Å². The highest BCUT2D eigenvalue weighted by molar-refractivity contribution is 6.31. The maximum absolute atomic E-state index is 12.2. The Balaban J connectivity index is 2.12. The van der Waals surface area contributed by atoms with E-state index in [2.05, 4.69) is 0 Å². The molecule has 0 heterocycles. The first-order valence-electron chi connectivity index (χ1n) is 5.78. The molecule has 19 heavy (non-hydrogen) atoms. The predicted octanol–water partition coefficient (Wildman–Crippen LogP) is 4.64. The van der Waals surface area contributed by atoms with Gasteiger partial charge in [-0.3, -0.25) is 4.79 Å². The Hall–Kier alpha value is -1.51. The fourth-order valence-electron chi connectivity index (χ4n) is 1.67. The Bertz CT molecular complexity index is 596. The van der Waals surface area contributed by atoms with Gasteiger partial charge in [0, 0.05) is 15.6 Å². The van der Waals surface area contributed by atoms with E-state index < -0.39 is 6.10 Å². The molecule has 2 rings (SSSR count). The molecule has 0 aromatic heterocycles. The zero-order valence-electron chi connectivity index (χ0n) is 10.3. The Morgan fingerprint density at radius 2 is 1.68 bits per heavy atom. The number of benzene rings is 2. The third kappa shape index (κ3) is 3.72. The molecule has 0 fully saturated rings. The van der Waals surface area contributed by atoms with Crippen molar-refractivity contribution in [2.45, 2.75) is 13.0 Å². The van der Waals surface area contributed by atoms with Crippen LogP contribution in [0.15, 0.2) is 48.5 Å². The van der Waals surface area contributed by atoms with E-state index in [-0.39, 0.29) is 5.78 Å². The highest BCUT2D eigenvalue weighted by Crippen LogP contribution is 2.20. The topological polar surface area (TPSA) is 26.3 Å². The van der Waals surface area contributed by atoms with E-state index in [0.717, 1.165) is 0 Å². The first-order valence-corrected chi connectivity index (χ1v) is 6.54. The van der Waals surface area contributed by atoms with Gasteiger partial charge in [-0.15, -0.1) is 0 Å². The summed E-state index contributed by atoms with van der Waals surface area (Å²) in [7, 11) is 0. The van der Waals surface area contributed by atoms with Crippen molar-refractivity contribution in [1.29, 1.82) is 0 Å². The van der Waals surface area contributed by atoms with Crippen molar-refractivity contribution >= 4 is 29.0 Å². The summed E-state index contributed by atoms with van der Waals surface area (Å²) >= 11 is 11.7. The molecule has 2 aromatic carbocycles. The molecule has 98 valence electrons. The minimum atomic E-state index is -0.600. The van der Waals surface area contributed by atoms with Crippen LogP contribution >= 0.6 is 23.2 Å². The van der Waals surface area contributed by atoms with Crippen LogP contribution in [-0.2, 0) is 0 Å². The molecule has 2 aromatic rings. The average Bonchev–Trinajstić information content (AvgIpc) is 2.38. The zero-order valence-corrected chi connectivity index (χ0v) is 11.8. The first-order chi connectivity index (χ1) is 9.06. The van der Waals surface area contributed by atoms with Gasteiger partial charge < -0.3 is 4.74 Å². The number of hydrogen-bond acceptors (Lipinski definition) is 2. The van der Waals surface area contributed by atoms with Gasteiger partial charge in [-0.05, 0) is 37.3 Å². The average molecular weight is 295 g/mol. The molecule has 0 unspecified atom stereocenters. The van der Waals surface area contributed by atoms with E-state index >= 15 is 0 Å². The monoisotopic (exact) mass is 294 g/mol. The maximum atomic E-state index is 12.2. The molecule has 0 radical (unpaired) electrons. The van der Waals surface area contributed by atoms with Crippen LogP contribution in [0.4, 0.5) is 0 Å². The molecule has 0 saturated heterocycles. The van der Waals surface area contributed by atoms with Crippen LogP contribution in [0.1, 0.15) is 17.3 Å². The molecule has 0 aliphatic rings. The molecule has 0 amide bonds. The molecule has 0 spiro atoms. The minimum absolute atomic E-state index is 0.123. The Labute approximate surface area is 121 Å². The molecule has 0 aliphatic carbocycles. The van der Waals surface area contributed by atoms with Gasteiger partial charge in [0.05, 0.1) is 0 Å². The molecule has 0 N–H and O–H groups in total. The molecular formula is C15H12Cl2O2. The third-order valence-corrected chi connectivity index (χ3v) is 3.06. The summed E-state index contributed by atoms with van der Waals surface area (Å²) in [5.74, 6) is 0.442. The Morgan fingerprint density at radius 1 is 1.05 bits per heavy atom. The number of Topliss-reactive ketones (excluding diaryl/α,β-unsaturated/α-hetero) is 1. The lowest BCUT2D eigenvalue weighted by Crippen LogP contribution is -2.23. The summed E-state index contributed by atoms with van der Waals surface area (Å²) in [6, 6.07) is 13.7. The number of rotatable bonds is 4. The van der Waals surface area contributed by atoms with Crippen LogP contribution in [0.3, 0.4) is 0 Å². The highest BCUT2D eigenvalue weighted by atomic mass is 35.5. The summed E-state index contributed by atoms with van der Waals surface area (Å²) in [6.07, 6.45) is -0.600. The van der Waals surface area contributed by atoms with Gasteiger partial charge in [0.15, 0.2) is 6.10 Å². The third-order valence-electron chi connectivity index (χ3n) is 2.59. The summed E-state index contributed by atoms with van der Waals surface area (Å²) in [5.41, 5.74) is 0.530. The van der Waals surface area contributed by atoms with E-state index in [1.54, 1.807) is 55.5 Å². The lowest BCUT2D eigenvalue weighted by Gasteiger charge is -2.14. The first kappa shape index (κ1) is 13.9. The van der Waals surface area contributed by atoms with E-state index in [4.69, 9.17) is 27.9 Å². The largest absolute Gasteiger partial charge is 0.483 e. The number of hydrogen-bond donors (Lipinski definition) is 0. The molecule has 1 atom stereocenters. The second kappa shape index (κ2) is 6.09. The van der Waals surface area contributed by atoms with Crippen LogP contribution in [0.5, 0.6) is 5.75 Å². The highest BCUT2D eigenvalue weighted by Gasteiger charge is 2.17.